The van der Waals surface area contributed by atoms with E-state index in [2.05, 4.69) is 11.4 Å². The first-order valence-corrected chi connectivity index (χ1v) is 9.30. The summed E-state index contributed by atoms with van der Waals surface area (Å²) in [6, 6.07) is 14.7. The second-order valence-corrected chi connectivity index (χ2v) is 6.14. The first-order chi connectivity index (χ1) is 12.3. The number of carbonyl (C=O) groups is 1. The van der Waals surface area contributed by atoms with Crippen LogP contribution in [0.3, 0.4) is 0 Å². The van der Waals surface area contributed by atoms with Crippen molar-refractivity contribution in [1.29, 1.82) is 5.26 Å². The molecule has 1 amide bonds. The number of amides is 1. The number of carbonyl (C=O) groups excluding carboxylic acids is 1. The zero-order chi connectivity index (χ0) is 20.3. The van der Waals surface area contributed by atoms with Crippen LogP contribution in [0.4, 0.5) is 5.69 Å². The van der Waals surface area contributed by atoms with Crippen LogP contribution in [0.2, 0.25) is 5.02 Å². The Morgan fingerprint density at radius 3 is 2.23 bits per heavy atom. The molecule has 0 fully saturated rings. The maximum atomic E-state index is 12.3. The number of nitrogens with one attached hydrogen (secondary N) is 1. The molecule has 3 nitrogen and oxygen atoms in total. The Labute approximate surface area is 163 Å². The van der Waals surface area contributed by atoms with Gasteiger partial charge >= 0.3 is 0 Å². The molecular weight excluding hydrogens is 344 g/mol. The van der Waals surface area contributed by atoms with Gasteiger partial charge in [-0.2, -0.15) is 5.26 Å². The molecule has 0 radical (unpaired) electrons. The second-order valence-electron chi connectivity index (χ2n) is 5.74. The smallest absolute Gasteiger partial charge is 0.255 e. The normalized spacial score (nSPS) is 9.65. The average molecular weight is 373 g/mol. The van der Waals surface area contributed by atoms with E-state index in [0.717, 1.165) is 11.1 Å². The lowest BCUT2D eigenvalue weighted by atomic mass is 9.86. The van der Waals surface area contributed by atoms with Crippen LogP contribution in [0, 0.1) is 18.3 Å². The van der Waals surface area contributed by atoms with E-state index in [0.29, 0.717) is 16.3 Å². The van der Waals surface area contributed by atoms with Crippen molar-refractivity contribution in [3.8, 4) is 6.07 Å². The zero-order valence-corrected chi connectivity index (χ0v) is 17.5. The monoisotopic (exact) mass is 372 g/mol. The van der Waals surface area contributed by atoms with E-state index in [4.69, 9.17) is 11.6 Å². The molecular formula is C22H29ClN2O. The molecule has 140 valence electrons. The van der Waals surface area contributed by atoms with Crippen LogP contribution in [0.15, 0.2) is 42.5 Å². The van der Waals surface area contributed by atoms with E-state index in [1.807, 2.05) is 66.7 Å². The minimum Gasteiger partial charge on any atom is -0.322 e. The number of hydrogen-bond donors (Lipinski definition) is 1. The highest BCUT2D eigenvalue weighted by atomic mass is 35.5. The molecule has 2 aromatic carbocycles. The van der Waals surface area contributed by atoms with Gasteiger partial charge in [0.1, 0.15) is 0 Å². The molecule has 1 N–H and O–H groups in total. The second kappa shape index (κ2) is 11.3. The van der Waals surface area contributed by atoms with Crippen molar-refractivity contribution in [1.82, 2.24) is 0 Å². The number of halogens is 1. The lowest BCUT2D eigenvalue weighted by Crippen LogP contribution is -2.16. The van der Waals surface area contributed by atoms with Crippen LogP contribution >= 0.6 is 11.6 Å². The Bertz CT molecular complexity index is 761. The van der Waals surface area contributed by atoms with Crippen LogP contribution in [0.25, 0.3) is 0 Å². The summed E-state index contributed by atoms with van der Waals surface area (Å²) in [5, 5.41) is 12.7. The SMILES string of the molecule is CC.CC.Cc1cc(C(=O)Nc2cccc(C(C)(C)C#N)c2)ccc1Cl. The van der Waals surface area contributed by atoms with Crippen LogP contribution in [-0.4, -0.2) is 5.91 Å². The van der Waals surface area contributed by atoms with Gasteiger partial charge in [0.25, 0.3) is 5.91 Å². The fourth-order valence-electron chi connectivity index (χ4n) is 2.04. The Morgan fingerprint density at radius 2 is 1.69 bits per heavy atom. The molecule has 0 aliphatic rings. The van der Waals surface area contributed by atoms with Crippen molar-refractivity contribution in [3.63, 3.8) is 0 Å². The summed E-state index contributed by atoms with van der Waals surface area (Å²) in [7, 11) is 0. The Balaban J connectivity index is 0.00000146. The van der Waals surface area contributed by atoms with Gasteiger partial charge < -0.3 is 5.32 Å². The molecule has 2 rings (SSSR count). The summed E-state index contributed by atoms with van der Waals surface area (Å²) in [5.74, 6) is -0.202. The predicted octanol–water partition coefficient (Wildman–Crippen LogP) is 6.75. The van der Waals surface area contributed by atoms with E-state index < -0.39 is 5.41 Å². The summed E-state index contributed by atoms with van der Waals surface area (Å²) >= 11 is 5.97. The summed E-state index contributed by atoms with van der Waals surface area (Å²) in [4.78, 5) is 12.3. The van der Waals surface area contributed by atoms with Gasteiger partial charge in [0.05, 0.1) is 11.5 Å². The van der Waals surface area contributed by atoms with Crippen molar-refractivity contribution in [3.05, 3.63) is 64.2 Å². The third-order valence-electron chi connectivity index (χ3n) is 3.54. The van der Waals surface area contributed by atoms with Crippen LogP contribution in [0.5, 0.6) is 0 Å². The summed E-state index contributed by atoms with van der Waals surface area (Å²) in [6.07, 6.45) is 0. The van der Waals surface area contributed by atoms with Crippen LogP contribution in [0.1, 0.15) is 63.0 Å². The van der Waals surface area contributed by atoms with Crippen molar-refractivity contribution >= 4 is 23.2 Å². The van der Waals surface area contributed by atoms with Gasteiger partial charge in [-0.3, -0.25) is 4.79 Å². The van der Waals surface area contributed by atoms with Crippen LogP contribution < -0.4 is 5.32 Å². The molecule has 0 aliphatic carbocycles. The largest absolute Gasteiger partial charge is 0.322 e. The number of anilines is 1. The highest BCUT2D eigenvalue weighted by molar-refractivity contribution is 6.31. The van der Waals surface area contributed by atoms with E-state index in [1.54, 1.807) is 24.3 Å². The first-order valence-electron chi connectivity index (χ1n) is 8.93. The fraction of sp³-hybridized carbons (Fsp3) is 0.364. The molecule has 0 bridgehead atoms. The molecule has 0 spiro atoms. The third-order valence-corrected chi connectivity index (χ3v) is 3.97. The topological polar surface area (TPSA) is 52.9 Å². The number of benzene rings is 2. The van der Waals surface area contributed by atoms with Gasteiger partial charge in [-0.25, -0.2) is 0 Å². The van der Waals surface area contributed by atoms with Crippen molar-refractivity contribution in [2.24, 2.45) is 0 Å². The number of rotatable bonds is 3. The van der Waals surface area contributed by atoms with Gasteiger partial charge in [0.15, 0.2) is 0 Å². The molecule has 0 atom stereocenters. The zero-order valence-electron chi connectivity index (χ0n) is 16.8. The van der Waals surface area contributed by atoms with Gasteiger partial charge in [-0.1, -0.05) is 51.4 Å². The van der Waals surface area contributed by atoms with E-state index in [-0.39, 0.29) is 5.91 Å². The molecule has 2 aromatic rings. The molecule has 26 heavy (non-hydrogen) atoms. The fourth-order valence-corrected chi connectivity index (χ4v) is 2.16. The molecule has 4 heteroatoms. The van der Waals surface area contributed by atoms with Gasteiger partial charge in [-0.05, 0) is 62.2 Å². The number of nitrogens with zero attached hydrogens (tertiary/aromatic N) is 1. The predicted molar refractivity (Wildman–Crippen MR) is 112 cm³/mol. The minimum absolute atomic E-state index is 0.202. The lowest BCUT2D eigenvalue weighted by molar-refractivity contribution is 0.102. The van der Waals surface area contributed by atoms with Gasteiger partial charge in [0.2, 0.25) is 0 Å². The highest BCUT2D eigenvalue weighted by Crippen LogP contribution is 2.25. The van der Waals surface area contributed by atoms with Gasteiger partial charge in [0, 0.05) is 16.3 Å². The lowest BCUT2D eigenvalue weighted by Gasteiger charge is -2.17. The molecule has 0 unspecified atom stereocenters. The summed E-state index contributed by atoms with van der Waals surface area (Å²) < 4.78 is 0. The van der Waals surface area contributed by atoms with E-state index >= 15 is 0 Å². The van der Waals surface area contributed by atoms with E-state index in [1.165, 1.54) is 0 Å². The van der Waals surface area contributed by atoms with E-state index in [9.17, 15) is 10.1 Å². The molecule has 0 saturated heterocycles. The minimum atomic E-state index is -0.600. The Morgan fingerprint density at radius 1 is 1.08 bits per heavy atom. The molecule has 0 heterocycles. The maximum absolute atomic E-state index is 12.3. The average Bonchev–Trinajstić information content (AvgIpc) is 2.67. The maximum Gasteiger partial charge on any atom is 0.255 e. The van der Waals surface area contributed by atoms with Crippen molar-refractivity contribution in [2.75, 3.05) is 5.32 Å². The Kier molecular flexibility index (Phi) is 10.3. The first kappa shape index (κ1) is 23.7. The third kappa shape index (κ3) is 6.54. The van der Waals surface area contributed by atoms with Crippen LogP contribution in [-0.2, 0) is 5.41 Å². The quantitative estimate of drug-likeness (QED) is 0.647. The number of aryl methyl sites for hydroxylation is 1. The van der Waals surface area contributed by atoms with Crippen molar-refractivity contribution in [2.45, 2.75) is 53.9 Å². The number of nitriles is 1. The number of hydrogen-bond acceptors (Lipinski definition) is 2. The van der Waals surface area contributed by atoms with Crippen molar-refractivity contribution < 1.29 is 4.79 Å². The summed E-state index contributed by atoms with van der Waals surface area (Å²) in [6.45, 7) is 13.5. The highest BCUT2D eigenvalue weighted by Gasteiger charge is 2.20. The molecule has 0 aromatic heterocycles. The molecule has 0 saturated carbocycles. The molecule has 0 aliphatic heterocycles. The van der Waals surface area contributed by atoms with Gasteiger partial charge in [-0.15, -0.1) is 0 Å². The Hall–Kier alpha value is -2.31. The standard InChI is InChI=1S/C18H17ClN2O.2C2H6/c1-12-9-13(7-8-16(12)19)17(22)21-15-6-4-5-14(10-15)18(2,3)11-20;2*1-2/h4-10H,1-3H3,(H,21,22);2*1-2H3. The summed E-state index contributed by atoms with van der Waals surface area (Å²) in [5.41, 5.74) is 2.33.